The number of nitrogens with zero attached hydrogens (tertiary/aromatic N) is 5. The van der Waals surface area contributed by atoms with Gasteiger partial charge in [-0.2, -0.15) is 0 Å². The maximum absolute atomic E-state index is 13.2. The molecule has 8 heteroatoms. The molecule has 2 aromatic carbocycles. The highest BCUT2D eigenvalue weighted by Crippen LogP contribution is 2.16. The van der Waals surface area contributed by atoms with Gasteiger partial charge in [-0.1, -0.05) is 30.3 Å². The molecule has 4 rings (SSSR count). The van der Waals surface area contributed by atoms with E-state index in [9.17, 15) is 14.0 Å². The highest BCUT2D eigenvalue weighted by molar-refractivity contribution is 5.93. The number of urea groups is 1. The molecule has 0 unspecified atom stereocenters. The number of amides is 3. The van der Waals surface area contributed by atoms with Crippen LogP contribution in [0.4, 0.5) is 9.18 Å². The summed E-state index contributed by atoms with van der Waals surface area (Å²) in [5.41, 5.74) is 2.15. The number of rotatable bonds is 4. The minimum atomic E-state index is -0.338. The van der Waals surface area contributed by atoms with Crippen LogP contribution in [0, 0.1) is 5.82 Å². The first kappa shape index (κ1) is 20.6. The first-order valence-corrected chi connectivity index (χ1v) is 10.1. The van der Waals surface area contributed by atoms with E-state index in [1.807, 2.05) is 30.3 Å². The lowest BCUT2D eigenvalue weighted by Crippen LogP contribution is -2.53. The van der Waals surface area contributed by atoms with Crippen molar-refractivity contribution in [3.05, 3.63) is 84.2 Å². The van der Waals surface area contributed by atoms with Gasteiger partial charge in [0.1, 0.15) is 11.5 Å². The van der Waals surface area contributed by atoms with Crippen LogP contribution in [0.3, 0.4) is 0 Å². The Bertz CT molecular complexity index is 1040. The van der Waals surface area contributed by atoms with E-state index in [-0.39, 0.29) is 17.8 Å². The second-order valence-corrected chi connectivity index (χ2v) is 7.53. The lowest BCUT2D eigenvalue weighted by molar-refractivity contribution is 0.0636. The Labute approximate surface area is 180 Å². The summed E-state index contributed by atoms with van der Waals surface area (Å²) in [6.07, 6.45) is 3.05. The Balaban J connectivity index is 1.37. The molecule has 1 aliphatic heterocycles. The van der Waals surface area contributed by atoms with Crippen molar-refractivity contribution in [2.45, 2.75) is 6.54 Å². The second kappa shape index (κ2) is 8.99. The minimum absolute atomic E-state index is 0.0488. The van der Waals surface area contributed by atoms with Crippen LogP contribution in [0.15, 0.2) is 67.1 Å². The van der Waals surface area contributed by atoms with Crippen molar-refractivity contribution in [3.8, 4) is 5.69 Å². The van der Waals surface area contributed by atoms with Gasteiger partial charge in [0.2, 0.25) is 0 Å². The van der Waals surface area contributed by atoms with Crippen molar-refractivity contribution in [2.24, 2.45) is 0 Å². The number of imidazole rings is 1. The third kappa shape index (κ3) is 4.58. The molecule has 1 aromatic heterocycles. The maximum Gasteiger partial charge on any atom is 0.320 e. The maximum atomic E-state index is 13.2. The highest BCUT2D eigenvalue weighted by Gasteiger charge is 2.28. The molecule has 0 saturated carbocycles. The van der Waals surface area contributed by atoms with Gasteiger partial charge in [0.15, 0.2) is 0 Å². The van der Waals surface area contributed by atoms with Gasteiger partial charge in [0.05, 0.1) is 12.5 Å². The van der Waals surface area contributed by atoms with Crippen molar-refractivity contribution in [3.63, 3.8) is 0 Å². The molecule has 2 heterocycles. The first-order valence-electron chi connectivity index (χ1n) is 10.1. The average Bonchev–Trinajstić information content (AvgIpc) is 3.29. The quantitative estimate of drug-likeness (QED) is 0.651. The fraction of sp³-hybridized carbons (Fsp3) is 0.261. The lowest BCUT2D eigenvalue weighted by atomic mass is 10.2. The van der Waals surface area contributed by atoms with Crippen LogP contribution in [-0.2, 0) is 6.54 Å². The number of hydrogen-bond donors (Lipinski definition) is 0. The van der Waals surface area contributed by atoms with Gasteiger partial charge in [-0.05, 0) is 29.8 Å². The summed E-state index contributed by atoms with van der Waals surface area (Å²) >= 11 is 0. The van der Waals surface area contributed by atoms with E-state index in [0.717, 1.165) is 5.56 Å². The molecule has 3 aromatic rings. The third-order valence-corrected chi connectivity index (χ3v) is 5.39. The molecule has 0 atom stereocenters. The van der Waals surface area contributed by atoms with Crippen molar-refractivity contribution < 1.29 is 14.0 Å². The van der Waals surface area contributed by atoms with E-state index >= 15 is 0 Å². The molecular weight excluding hydrogens is 397 g/mol. The van der Waals surface area contributed by atoms with E-state index in [2.05, 4.69) is 4.98 Å². The molecule has 31 heavy (non-hydrogen) atoms. The number of hydrogen-bond acceptors (Lipinski definition) is 3. The van der Waals surface area contributed by atoms with E-state index in [1.165, 1.54) is 18.3 Å². The summed E-state index contributed by atoms with van der Waals surface area (Å²) < 4.78 is 14.9. The van der Waals surface area contributed by atoms with E-state index in [0.29, 0.717) is 44.1 Å². The minimum Gasteiger partial charge on any atom is -0.334 e. The van der Waals surface area contributed by atoms with Crippen LogP contribution >= 0.6 is 0 Å². The number of carbonyl (C=O) groups excluding carboxylic acids is 2. The molecule has 0 bridgehead atoms. The van der Waals surface area contributed by atoms with Gasteiger partial charge < -0.3 is 14.7 Å². The molecule has 0 radical (unpaired) electrons. The summed E-state index contributed by atoms with van der Waals surface area (Å²) in [5.74, 6) is -0.499. The first-order chi connectivity index (χ1) is 15.0. The monoisotopic (exact) mass is 421 g/mol. The van der Waals surface area contributed by atoms with Crippen molar-refractivity contribution in [2.75, 3.05) is 33.2 Å². The zero-order valence-electron chi connectivity index (χ0n) is 17.3. The van der Waals surface area contributed by atoms with Crippen LogP contribution in [0.1, 0.15) is 16.1 Å². The number of piperazine rings is 1. The number of aromatic nitrogens is 2. The predicted molar refractivity (Wildman–Crippen MR) is 114 cm³/mol. The zero-order valence-corrected chi connectivity index (χ0v) is 17.3. The molecule has 3 amide bonds. The van der Waals surface area contributed by atoms with Gasteiger partial charge in [0, 0.05) is 45.5 Å². The van der Waals surface area contributed by atoms with E-state index in [1.54, 1.807) is 44.8 Å². The molecule has 1 fully saturated rings. The number of benzene rings is 2. The van der Waals surface area contributed by atoms with Crippen molar-refractivity contribution >= 4 is 11.9 Å². The van der Waals surface area contributed by atoms with Crippen LogP contribution in [0.5, 0.6) is 0 Å². The van der Waals surface area contributed by atoms with Gasteiger partial charge in [-0.3, -0.25) is 9.36 Å². The summed E-state index contributed by atoms with van der Waals surface area (Å²) in [6, 6.07) is 15.7. The fourth-order valence-corrected chi connectivity index (χ4v) is 3.69. The largest absolute Gasteiger partial charge is 0.334 e. The fourth-order valence-electron chi connectivity index (χ4n) is 3.69. The number of carbonyl (C=O) groups is 2. The normalized spacial score (nSPS) is 13.9. The van der Waals surface area contributed by atoms with Gasteiger partial charge in [-0.15, -0.1) is 0 Å². The average molecular weight is 421 g/mol. The topological polar surface area (TPSA) is 61.7 Å². The Morgan fingerprint density at radius 2 is 1.61 bits per heavy atom. The summed E-state index contributed by atoms with van der Waals surface area (Å²) in [6.45, 7) is 2.36. The highest BCUT2D eigenvalue weighted by atomic mass is 19.1. The molecule has 1 aliphatic rings. The molecule has 0 aliphatic carbocycles. The third-order valence-electron chi connectivity index (χ3n) is 5.39. The molecule has 0 N–H and O–H groups in total. The molecule has 0 spiro atoms. The Morgan fingerprint density at radius 1 is 0.968 bits per heavy atom. The summed E-state index contributed by atoms with van der Waals surface area (Å²) in [5, 5.41) is 0. The van der Waals surface area contributed by atoms with Gasteiger partial charge >= 0.3 is 6.03 Å². The molecule has 1 saturated heterocycles. The van der Waals surface area contributed by atoms with Crippen LogP contribution in [0.2, 0.25) is 0 Å². The van der Waals surface area contributed by atoms with Crippen LogP contribution in [0.25, 0.3) is 5.69 Å². The lowest BCUT2D eigenvalue weighted by Gasteiger charge is -2.36. The standard InChI is InChI=1S/C23H24FN5O2/c1-26(16-18-5-3-2-4-6-18)23(31)28-13-11-27(12-14-28)22(30)21-15-25-17-29(21)20-9-7-19(24)8-10-20/h2-10,15,17H,11-14,16H2,1H3. The molecule has 7 nitrogen and oxygen atoms in total. The molecular formula is C23H24FN5O2. The summed E-state index contributed by atoms with van der Waals surface area (Å²) in [7, 11) is 1.79. The van der Waals surface area contributed by atoms with Crippen LogP contribution < -0.4 is 0 Å². The van der Waals surface area contributed by atoms with E-state index in [4.69, 9.17) is 0 Å². The Kier molecular flexibility index (Phi) is 5.97. The Morgan fingerprint density at radius 3 is 2.29 bits per heavy atom. The van der Waals surface area contributed by atoms with Gasteiger partial charge in [0.25, 0.3) is 5.91 Å². The predicted octanol–water partition coefficient (Wildman–Crippen LogP) is 3.02. The zero-order chi connectivity index (χ0) is 21.8. The summed E-state index contributed by atoms with van der Waals surface area (Å²) in [4.78, 5) is 35.1. The van der Waals surface area contributed by atoms with Crippen molar-refractivity contribution in [1.82, 2.24) is 24.3 Å². The molecule has 160 valence electrons. The smallest absolute Gasteiger partial charge is 0.320 e. The van der Waals surface area contributed by atoms with E-state index < -0.39 is 0 Å². The number of halogens is 1. The van der Waals surface area contributed by atoms with Gasteiger partial charge in [-0.25, -0.2) is 14.2 Å². The van der Waals surface area contributed by atoms with Crippen LogP contribution in [-0.4, -0.2) is 69.4 Å². The van der Waals surface area contributed by atoms with Crippen molar-refractivity contribution in [1.29, 1.82) is 0 Å². The second-order valence-electron chi connectivity index (χ2n) is 7.53. The SMILES string of the molecule is CN(Cc1ccccc1)C(=O)N1CCN(C(=O)c2cncn2-c2ccc(F)cc2)CC1. The Hall–Kier alpha value is -3.68.